The molecule has 17 heavy (non-hydrogen) atoms. The lowest BCUT2D eigenvalue weighted by Gasteiger charge is -2.29. The lowest BCUT2D eigenvalue weighted by molar-refractivity contribution is 0.239. The maximum Gasteiger partial charge on any atom is 0.00967 e. The van der Waals surface area contributed by atoms with Gasteiger partial charge in [0.15, 0.2) is 0 Å². The van der Waals surface area contributed by atoms with Crippen molar-refractivity contribution in [3.05, 3.63) is 0 Å². The van der Waals surface area contributed by atoms with Crippen LogP contribution in [0.5, 0.6) is 0 Å². The minimum absolute atomic E-state index is 0.296. The average molecular weight is 235 g/mol. The van der Waals surface area contributed by atoms with Crippen LogP contribution in [0.2, 0.25) is 0 Å². The van der Waals surface area contributed by atoms with E-state index in [2.05, 4.69) is 26.1 Å². The monoisotopic (exact) mass is 235 g/mol. The first-order chi connectivity index (χ1) is 7.96. The summed E-state index contributed by atoms with van der Waals surface area (Å²) in [6.45, 7) is 8.15. The Morgan fingerprint density at radius 1 is 1.12 bits per heavy atom. The smallest absolute Gasteiger partial charge is 0.00967 e. The second kappa shape index (κ2) is 3.98. The fourth-order valence-electron chi connectivity index (χ4n) is 4.27. The second-order valence-electron chi connectivity index (χ2n) is 8.24. The van der Waals surface area contributed by atoms with Crippen LogP contribution >= 0.6 is 0 Å². The highest BCUT2D eigenvalue weighted by molar-refractivity contribution is 5.01. The third-order valence-electron chi connectivity index (χ3n) is 5.53. The SMILES string of the molecule is CC(C)(C)NCC1(CC2CC3CCC2C3)CC1. The summed E-state index contributed by atoms with van der Waals surface area (Å²) in [4.78, 5) is 0. The van der Waals surface area contributed by atoms with Crippen LogP contribution < -0.4 is 5.32 Å². The van der Waals surface area contributed by atoms with Gasteiger partial charge in [-0.1, -0.05) is 6.42 Å². The first-order valence-corrected chi connectivity index (χ1v) is 7.71. The van der Waals surface area contributed by atoms with E-state index < -0.39 is 0 Å². The molecular weight excluding hydrogens is 206 g/mol. The van der Waals surface area contributed by atoms with Crippen LogP contribution in [0.25, 0.3) is 0 Å². The quantitative estimate of drug-likeness (QED) is 0.777. The summed E-state index contributed by atoms with van der Waals surface area (Å²) in [5.74, 6) is 3.33. The number of fused-ring (bicyclic) bond motifs is 2. The van der Waals surface area contributed by atoms with E-state index in [1.165, 1.54) is 25.8 Å². The van der Waals surface area contributed by atoms with Gasteiger partial charge in [0, 0.05) is 12.1 Å². The van der Waals surface area contributed by atoms with Crippen LogP contribution in [0.1, 0.15) is 65.7 Å². The van der Waals surface area contributed by atoms with Gasteiger partial charge in [0.1, 0.15) is 0 Å². The molecule has 3 unspecified atom stereocenters. The van der Waals surface area contributed by atoms with E-state index in [0.29, 0.717) is 11.0 Å². The zero-order valence-electron chi connectivity index (χ0n) is 11.9. The number of hydrogen-bond acceptors (Lipinski definition) is 1. The number of nitrogens with one attached hydrogen (secondary N) is 1. The van der Waals surface area contributed by atoms with Crippen molar-refractivity contribution in [2.24, 2.45) is 23.2 Å². The fraction of sp³-hybridized carbons (Fsp3) is 1.00. The van der Waals surface area contributed by atoms with E-state index in [1.54, 1.807) is 25.7 Å². The van der Waals surface area contributed by atoms with E-state index >= 15 is 0 Å². The Morgan fingerprint density at radius 3 is 2.35 bits per heavy atom. The topological polar surface area (TPSA) is 12.0 Å². The van der Waals surface area contributed by atoms with Crippen LogP contribution in [0.15, 0.2) is 0 Å². The van der Waals surface area contributed by atoms with E-state index in [9.17, 15) is 0 Å². The molecule has 3 aliphatic rings. The minimum Gasteiger partial charge on any atom is -0.312 e. The Labute approximate surface area is 107 Å². The lowest BCUT2D eigenvalue weighted by atomic mass is 9.80. The largest absolute Gasteiger partial charge is 0.312 e. The van der Waals surface area contributed by atoms with Gasteiger partial charge in [-0.2, -0.15) is 0 Å². The average Bonchev–Trinajstić information content (AvgIpc) is 2.69. The van der Waals surface area contributed by atoms with Crippen molar-refractivity contribution >= 4 is 0 Å². The Bertz CT molecular complexity index is 284. The Balaban J connectivity index is 1.51. The molecule has 3 aliphatic carbocycles. The summed E-state index contributed by atoms with van der Waals surface area (Å²) in [5, 5.41) is 3.74. The molecule has 1 heteroatoms. The van der Waals surface area contributed by atoms with E-state index in [-0.39, 0.29) is 0 Å². The number of hydrogen-bond donors (Lipinski definition) is 1. The van der Waals surface area contributed by atoms with Crippen LogP contribution in [0.3, 0.4) is 0 Å². The van der Waals surface area contributed by atoms with Gasteiger partial charge >= 0.3 is 0 Å². The normalized spacial score (nSPS) is 38.6. The van der Waals surface area contributed by atoms with Gasteiger partial charge in [-0.05, 0) is 82.5 Å². The van der Waals surface area contributed by atoms with Gasteiger partial charge in [0.2, 0.25) is 0 Å². The highest BCUT2D eigenvalue weighted by Crippen LogP contribution is 2.57. The summed E-state index contributed by atoms with van der Waals surface area (Å²) in [6.07, 6.45) is 10.8. The molecule has 0 aromatic rings. The summed E-state index contributed by atoms with van der Waals surface area (Å²) < 4.78 is 0. The molecule has 0 radical (unpaired) electrons. The lowest BCUT2D eigenvalue weighted by Crippen LogP contribution is -2.40. The molecule has 0 saturated heterocycles. The van der Waals surface area contributed by atoms with Crippen LogP contribution in [0, 0.1) is 23.2 Å². The predicted molar refractivity (Wildman–Crippen MR) is 73.0 cm³/mol. The first kappa shape index (κ1) is 12.0. The molecule has 0 aliphatic heterocycles. The third kappa shape index (κ3) is 2.70. The van der Waals surface area contributed by atoms with Crippen molar-refractivity contribution in [1.82, 2.24) is 5.32 Å². The van der Waals surface area contributed by atoms with Gasteiger partial charge in [-0.15, -0.1) is 0 Å². The van der Waals surface area contributed by atoms with Gasteiger partial charge in [0.25, 0.3) is 0 Å². The molecule has 3 saturated carbocycles. The van der Waals surface area contributed by atoms with Crippen LogP contribution in [0.4, 0.5) is 0 Å². The molecule has 3 rings (SSSR count). The van der Waals surface area contributed by atoms with Crippen molar-refractivity contribution in [1.29, 1.82) is 0 Å². The molecule has 1 N–H and O–H groups in total. The van der Waals surface area contributed by atoms with Crippen molar-refractivity contribution in [3.8, 4) is 0 Å². The molecule has 1 nitrogen and oxygen atoms in total. The molecule has 2 bridgehead atoms. The van der Waals surface area contributed by atoms with Crippen molar-refractivity contribution < 1.29 is 0 Å². The molecule has 3 atom stereocenters. The van der Waals surface area contributed by atoms with Crippen molar-refractivity contribution in [2.75, 3.05) is 6.54 Å². The standard InChI is InChI=1S/C16H29N/c1-15(2,3)17-11-16(6-7-16)10-14-9-12-4-5-13(14)8-12/h12-14,17H,4-11H2,1-3H3. The third-order valence-corrected chi connectivity index (χ3v) is 5.53. The fourth-order valence-corrected chi connectivity index (χ4v) is 4.27. The van der Waals surface area contributed by atoms with Crippen LogP contribution in [-0.4, -0.2) is 12.1 Å². The minimum atomic E-state index is 0.296. The highest BCUT2D eigenvalue weighted by Gasteiger charge is 2.48. The zero-order chi connectivity index (χ0) is 12.1. The van der Waals surface area contributed by atoms with E-state index in [0.717, 1.165) is 17.8 Å². The molecule has 0 spiro atoms. The maximum absolute atomic E-state index is 3.74. The summed E-state index contributed by atoms with van der Waals surface area (Å²) in [7, 11) is 0. The Kier molecular flexibility index (Phi) is 2.81. The van der Waals surface area contributed by atoms with E-state index in [4.69, 9.17) is 0 Å². The molecule has 0 amide bonds. The number of rotatable bonds is 4. The summed E-state index contributed by atoms with van der Waals surface area (Å²) in [5.41, 5.74) is 1.01. The molecular formula is C16H29N. The molecule has 0 aromatic carbocycles. The second-order valence-corrected chi connectivity index (χ2v) is 8.24. The summed E-state index contributed by atoms with van der Waals surface area (Å²) in [6, 6.07) is 0. The van der Waals surface area contributed by atoms with Crippen molar-refractivity contribution in [2.45, 2.75) is 71.3 Å². The Hall–Kier alpha value is -0.0400. The Morgan fingerprint density at radius 2 is 1.88 bits per heavy atom. The molecule has 0 aromatic heterocycles. The van der Waals surface area contributed by atoms with Crippen LogP contribution in [-0.2, 0) is 0 Å². The molecule has 98 valence electrons. The van der Waals surface area contributed by atoms with E-state index in [1.807, 2.05) is 0 Å². The maximum atomic E-state index is 3.74. The summed E-state index contributed by atoms with van der Waals surface area (Å²) >= 11 is 0. The molecule has 0 heterocycles. The van der Waals surface area contributed by atoms with Gasteiger partial charge < -0.3 is 5.32 Å². The van der Waals surface area contributed by atoms with Crippen molar-refractivity contribution in [3.63, 3.8) is 0 Å². The first-order valence-electron chi connectivity index (χ1n) is 7.71. The van der Waals surface area contributed by atoms with Gasteiger partial charge in [0.05, 0.1) is 0 Å². The predicted octanol–water partition coefficient (Wildman–Crippen LogP) is 3.98. The zero-order valence-corrected chi connectivity index (χ0v) is 11.9. The highest BCUT2D eigenvalue weighted by atomic mass is 15.0. The molecule has 3 fully saturated rings. The van der Waals surface area contributed by atoms with Gasteiger partial charge in [-0.25, -0.2) is 0 Å². The van der Waals surface area contributed by atoms with Gasteiger partial charge in [-0.3, -0.25) is 0 Å².